The maximum atomic E-state index is 11.0. The number of nitro benzene ring substituents is 1. The van der Waals surface area contributed by atoms with Crippen LogP contribution < -0.4 is 0 Å². The molecule has 8 heteroatoms. The third kappa shape index (κ3) is 2.67. The van der Waals surface area contributed by atoms with E-state index in [9.17, 15) is 18.5 Å². The van der Waals surface area contributed by atoms with E-state index in [1.807, 2.05) is 0 Å². The van der Waals surface area contributed by atoms with Crippen molar-refractivity contribution in [1.82, 2.24) is 0 Å². The van der Waals surface area contributed by atoms with Gasteiger partial charge in [0.1, 0.15) is 0 Å². The second-order valence-electron chi connectivity index (χ2n) is 2.77. The van der Waals surface area contributed by atoms with Gasteiger partial charge in [0.05, 0.1) is 14.3 Å². The van der Waals surface area contributed by atoms with Crippen LogP contribution >= 0.6 is 26.6 Å². The van der Waals surface area contributed by atoms with Crippen LogP contribution in [0.3, 0.4) is 0 Å². The first-order valence-electron chi connectivity index (χ1n) is 3.62. The summed E-state index contributed by atoms with van der Waals surface area (Å²) >= 11 is 2.93. The van der Waals surface area contributed by atoms with Gasteiger partial charge in [-0.25, -0.2) is 8.42 Å². The summed E-state index contributed by atoms with van der Waals surface area (Å²) < 4.78 is 22.1. The Morgan fingerprint density at radius 2 is 2.00 bits per heavy atom. The fourth-order valence-electron chi connectivity index (χ4n) is 1.08. The first-order chi connectivity index (χ1) is 6.73. The molecule has 1 aromatic carbocycles. The summed E-state index contributed by atoms with van der Waals surface area (Å²) in [6.07, 6.45) is 0. The summed E-state index contributed by atoms with van der Waals surface area (Å²) in [5.74, 6) is 0. The lowest BCUT2D eigenvalue weighted by molar-refractivity contribution is -0.386. The van der Waals surface area contributed by atoms with E-state index in [1.54, 1.807) is 0 Å². The Balaban J connectivity index is 3.52. The number of hydrogen-bond donors (Lipinski definition) is 0. The zero-order valence-electron chi connectivity index (χ0n) is 7.40. The lowest BCUT2D eigenvalue weighted by atomic mass is 10.2. The number of aryl methyl sites for hydroxylation is 1. The Morgan fingerprint density at radius 1 is 1.47 bits per heavy atom. The molecule has 0 N–H and O–H groups in total. The van der Waals surface area contributed by atoms with Gasteiger partial charge in [-0.05, 0) is 35.0 Å². The molecular weight excluding hydrogens is 310 g/mol. The summed E-state index contributed by atoms with van der Waals surface area (Å²) in [6, 6.07) is 2.26. The van der Waals surface area contributed by atoms with E-state index >= 15 is 0 Å². The van der Waals surface area contributed by atoms with Crippen molar-refractivity contribution in [3.8, 4) is 0 Å². The highest BCUT2D eigenvalue weighted by molar-refractivity contribution is 9.10. The molecule has 82 valence electrons. The number of rotatable bonds is 2. The molecule has 0 amide bonds. The Hall–Kier alpha value is -0.660. The molecule has 0 atom stereocenters. The van der Waals surface area contributed by atoms with Crippen molar-refractivity contribution in [2.75, 3.05) is 0 Å². The number of benzene rings is 1. The molecule has 0 aromatic heterocycles. The van der Waals surface area contributed by atoms with Crippen molar-refractivity contribution < 1.29 is 13.3 Å². The van der Waals surface area contributed by atoms with E-state index in [0.717, 1.165) is 12.1 Å². The third-order valence-corrected chi connectivity index (χ3v) is 3.63. The van der Waals surface area contributed by atoms with Gasteiger partial charge >= 0.3 is 0 Å². The SMILES string of the molecule is Cc1cc(S(=O)(=O)Cl)cc(Br)c1[N+](=O)[O-]. The third-order valence-electron chi connectivity index (χ3n) is 1.69. The zero-order valence-corrected chi connectivity index (χ0v) is 10.6. The quantitative estimate of drug-likeness (QED) is 0.477. The molecule has 0 spiro atoms. The molecular formula is C7H5BrClNO4S. The Morgan fingerprint density at radius 3 is 2.33 bits per heavy atom. The Labute approximate surface area is 98.7 Å². The predicted octanol–water partition coefficient (Wildman–Crippen LogP) is 2.59. The first kappa shape index (κ1) is 12.4. The Kier molecular flexibility index (Phi) is 3.37. The molecule has 0 fully saturated rings. The van der Waals surface area contributed by atoms with Crippen LogP contribution in [0.25, 0.3) is 0 Å². The second-order valence-corrected chi connectivity index (χ2v) is 6.19. The fraction of sp³-hybridized carbons (Fsp3) is 0.143. The first-order valence-corrected chi connectivity index (χ1v) is 6.73. The zero-order chi connectivity index (χ0) is 11.8. The average Bonchev–Trinajstić information content (AvgIpc) is 1.99. The van der Waals surface area contributed by atoms with Crippen LogP contribution in [0.1, 0.15) is 5.56 Å². The monoisotopic (exact) mass is 313 g/mol. The number of nitrogens with zero attached hydrogens (tertiary/aromatic N) is 1. The minimum Gasteiger partial charge on any atom is -0.258 e. The standard InChI is InChI=1S/C7H5BrClNO4S/c1-4-2-5(15(9,13)14)3-6(8)7(4)10(11)12/h2-3H,1H3. The highest BCUT2D eigenvalue weighted by Crippen LogP contribution is 2.32. The van der Waals surface area contributed by atoms with E-state index in [0.29, 0.717) is 0 Å². The molecule has 1 rings (SSSR count). The van der Waals surface area contributed by atoms with Crippen LogP contribution in [0.15, 0.2) is 21.5 Å². The highest BCUT2D eigenvalue weighted by atomic mass is 79.9. The van der Waals surface area contributed by atoms with Gasteiger partial charge in [-0.2, -0.15) is 0 Å². The minimum atomic E-state index is -3.87. The molecule has 15 heavy (non-hydrogen) atoms. The summed E-state index contributed by atoms with van der Waals surface area (Å²) in [5.41, 5.74) is 0.0627. The molecule has 0 saturated heterocycles. The number of nitro groups is 1. The van der Waals surface area contributed by atoms with E-state index < -0.39 is 14.0 Å². The second kappa shape index (κ2) is 4.07. The van der Waals surface area contributed by atoms with Crippen LogP contribution in [0, 0.1) is 17.0 Å². The van der Waals surface area contributed by atoms with E-state index in [4.69, 9.17) is 10.7 Å². The van der Waals surface area contributed by atoms with Crippen molar-refractivity contribution in [2.45, 2.75) is 11.8 Å². The lowest BCUT2D eigenvalue weighted by Crippen LogP contribution is -1.97. The van der Waals surface area contributed by atoms with Crippen molar-refractivity contribution in [3.63, 3.8) is 0 Å². The van der Waals surface area contributed by atoms with Gasteiger partial charge < -0.3 is 0 Å². The van der Waals surface area contributed by atoms with Crippen LogP contribution in [0.5, 0.6) is 0 Å². The van der Waals surface area contributed by atoms with Gasteiger partial charge in [0.25, 0.3) is 14.7 Å². The molecule has 0 unspecified atom stereocenters. The summed E-state index contributed by atoms with van der Waals surface area (Å²) in [4.78, 5) is 9.84. The maximum absolute atomic E-state index is 11.0. The van der Waals surface area contributed by atoms with E-state index in [2.05, 4.69) is 15.9 Å². The molecule has 0 bridgehead atoms. The average molecular weight is 315 g/mol. The van der Waals surface area contributed by atoms with Crippen molar-refractivity contribution in [1.29, 1.82) is 0 Å². The van der Waals surface area contributed by atoms with Crippen molar-refractivity contribution in [3.05, 3.63) is 32.3 Å². The minimum absolute atomic E-state index is 0.0896. The highest BCUT2D eigenvalue weighted by Gasteiger charge is 2.20. The van der Waals surface area contributed by atoms with Crippen LogP contribution in [-0.2, 0) is 9.05 Å². The number of halogens is 2. The molecule has 1 aromatic rings. The van der Waals surface area contributed by atoms with E-state index in [1.165, 1.54) is 6.92 Å². The summed E-state index contributed by atoms with van der Waals surface area (Å²) in [7, 11) is 1.25. The largest absolute Gasteiger partial charge is 0.286 e. The summed E-state index contributed by atoms with van der Waals surface area (Å²) in [6.45, 7) is 1.44. The van der Waals surface area contributed by atoms with Gasteiger partial charge in [-0.3, -0.25) is 10.1 Å². The normalized spacial score (nSPS) is 11.4. The van der Waals surface area contributed by atoms with Gasteiger partial charge in [-0.15, -0.1) is 0 Å². The van der Waals surface area contributed by atoms with Crippen LogP contribution in [0.4, 0.5) is 5.69 Å². The Bertz CT molecular complexity index is 505. The van der Waals surface area contributed by atoms with E-state index in [-0.39, 0.29) is 20.6 Å². The van der Waals surface area contributed by atoms with Crippen molar-refractivity contribution >= 4 is 41.4 Å². The van der Waals surface area contributed by atoms with Crippen LogP contribution in [-0.4, -0.2) is 13.3 Å². The van der Waals surface area contributed by atoms with Gasteiger partial charge in [-0.1, -0.05) is 0 Å². The van der Waals surface area contributed by atoms with Gasteiger partial charge in [0, 0.05) is 16.2 Å². The molecule has 0 aliphatic carbocycles. The molecule has 0 heterocycles. The topological polar surface area (TPSA) is 77.3 Å². The molecule has 0 radical (unpaired) electrons. The molecule has 0 aliphatic rings. The molecule has 0 aliphatic heterocycles. The predicted molar refractivity (Wildman–Crippen MR) is 58.6 cm³/mol. The molecule has 5 nitrogen and oxygen atoms in total. The summed E-state index contributed by atoms with van der Waals surface area (Å²) in [5, 5.41) is 10.6. The number of hydrogen-bond acceptors (Lipinski definition) is 4. The van der Waals surface area contributed by atoms with Gasteiger partial charge in [0.2, 0.25) is 0 Å². The van der Waals surface area contributed by atoms with Crippen LogP contribution in [0.2, 0.25) is 0 Å². The fourth-order valence-corrected chi connectivity index (χ4v) is 2.78. The smallest absolute Gasteiger partial charge is 0.258 e. The maximum Gasteiger partial charge on any atom is 0.286 e. The van der Waals surface area contributed by atoms with Crippen molar-refractivity contribution in [2.24, 2.45) is 0 Å². The lowest BCUT2D eigenvalue weighted by Gasteiger charge is -2.02. The molecule has 0 saturated carbocycles. The van der Waals surface area contributed by atoms with Gasteiger partial charge in [0.15, 0.2) is 0 Å².